The summed E-state index contributed by atoms with van der Waals surface area (Å²) in [6.45, 7) is 2.59. The number of piperidine rings is 1. The number of nitrogens with zero attached hydrogens (tertiary/aromatic N) is 2. The lowest BCUT2D eigenvalue weighted by molar-refractivity contribution is -0.147. The van der Waals surface area contributed by atoms with E-state index in [1.165, 1.54) is 7.11 Å². The highest BCUT2D eigenvalue weighted by Gasteiger charge is 2.33. The van der Waals surface area contributed by atoms with Gasteiger partial charge in [-0.25, -0.2) is 9.78 Å². The molecule has 1 aromatic heterocycles. The summed E-state index contributed by atoms with van der Waals surface area (Å²) in [5, 5.41) is 2.04. The van der Waals surface area contributed by atoms with Crippen molar-refractivity contribution in [1.82, 2.24) is 9.88 Å². The third-order valence-corrected chi connectivity index (χ3v) is 6.61. The molecular weight excluding hydrogens is 368 g/mol. The lowest BCUT2D eigenvalue weighted by Crippen LogP contribution is -2.48. The Morgan fingerprint density at radius 1 is 1.31 bits per heavy atom. The SMILES string of the molecule is COC(=O)C1CCCCN1C(=O)c1ccc(CSc2nc(C)cs2)cc1. The minimum atomic E-state index is -0.468. The van der Waals surface area contributed by atoms with E-state index >= 15 is 0 Å². The molecule has 2 heterocycles. The first-order chi connectivity index (χ1) is 12.6. The number of rotatable bonds is 5. The molecule has 1 aliphatic rings. The summed E-state index contributed by atoms with van der Waals surface area (Å²) >= 11 is 3.34. The predicted octanol–water partition coefficient (Wildman–Crippen LogP) is 3.91. The fraction of sp³-hybridized carbons (Fsp3) is 0.421. The van der Waals surface area contributed by atoms with Gasteiger partial charge in [0.15, 0.2) is 0 Å². The zero-order valence-electron chi connectivity index (χ0n) is 14.9. The normalized spacial score (nSPS) is 17.2. The number of amides is 1. The van der Waals surface area contributed by atoms with Gasteiger partial charge in [0, 0.05) is 28.9 Å². The standard InChI is InChI=1S/C19H22N2O3S2/c1-13-11-25-19(20-13)26-12-14-6-8-15(9-7-14)17(22)21-10-4-3-5-16(21)18(23)24-2/h6-9,11,16H,3-5,10,12H2,1-2H3. The number of carbonyl (C=O) groups is 2. The average Bonchev–Trinajstić information content (AvgIpc) is 3.11. The van der Waals surface area contributed by atoms with Gasteiger partial charge in [-0.15, -0.1) is 11.3 Å². The average molecular weight is 391 g/mol. The molecule has 0 spiro atoms. The van der Waals surface area contributed by atoms with Crippen LogP contribution in [0.4, 0.5) is 0 Å². The summed E-state index contributed by atoms with van der Waals surface area (Å²) in [6.07, 6.45) is 2.53. The number of esters is 1. The van der Waals surface area contributed by atoms with Gasteiger partial charge in [0.2, 0.25) is 0 Å². The van der Waals surface area contributed by atoms with Gasteiger partial charge in [-0.2, -0.15) is 0 Å². The number of likely N-dealkylation sites (tertiary alicyclic amines) is 1. The Kier molecular flexibility index (Phi) is 6.32. The largest absolute Gasteiger partial charge is 0.467 e. The molecule has 138 valence electrons. The van der Waals surface area contributed by atoms with E-state index in [1.54, 1.807) is 28.0 Å². The van der Waals surface area contributed by atoms with E-state index in [1.807, 2.05) is 36.6 Å². The Morgan fingerprint density at radius 3 is 2.73 bits per heavy atom. The van der Waals surface area contributed by atoms with Crippen LogP contribution in [0.5, 0.6) is 0 Å². The quantitative estimate of drug-likeness (QED) is 0.572. The van der Waals surface area contributed by atoms with Gasteiger partial charge in [0.05, 0.1) is 7.11 Å². The number of carbonyl (C=O) groups excluding carboxylic acids is 2. The van der Waals surface area contributed by atoms with Crippen LogP contribution < -0.4 is 0 Å². The fourth-order valence-electron chi connectivity index (χ4n) is 3.01. The Balaban J connectivity index is 1.65. The summed E-state index contributed by atoms with van der Waals surface area (Å²) in [7, 11) is 1.37. The first kappa shape index (κ1) is 18.9. The molecule has 5 nitrogen and oxygen atoms in total. The molecule has 1 aromatic carbocycles. The highest BCUT2D eigenvalue weighted by Crippen LogP contribution is 2.26. The van der Waals surface area contributed by atoms with E-state index in [4.69, 9.17) is 4.74 Å². The Bertz CT molecular complexity index is 773. The van der Waals surface area contributed by atoms with Crippen molar-refractivity contribution in [3.8, 4) is 0 Å². The van der Waals surface area contributed by atoms with E-state index in [2.05, 4.69) is 4.98 Å². The van der Waals surface area contributed by atoms with Crippen LogP contribution in [-0.4, -0.2) is 41.5 Å². The molecule has 2 aromatic rings. The van der Waals surface area contributed by atoms with Crippen molar-refractivity contribution < 1.29 is 14.3 Å². The molecule has 7 heteroatoms. The molecule has 26 heavy (non-hydrogen) atoms. The summed E-state index contributed by atoms with van der Waals surface area (Å²) in [5.74, 6) is 0.385. The van der Waals surface area contributed by atoms with Gasteiger partial charge >= 0.3 is 5.97 Å². The molecule has 1 amide bonds. The second kappa shape index (κ2) is 8.68. The summed E-state index contributed by atoms with van der Waals surface area (Å²) in [6, 6.07) is 7.16. The molecule has 3 rings (SSSR count). The number of aromatic nitrogens is 1. The first-order valence-corrected chi connectivity index (χ1v) is 10.5. The predicted molar refractivity (Wildman–Crippen MR) is 104 cm³/mol. The van der Waals surface area contributed by atoms with Crippen molar-refractivity contribution in [2.45, 2.75) is 42.3 Å². The fourth-order valence-corrected chi connectivity index (χ4v) is 4.81. The van der Waals surface area contributed by atoms with Crippen LogP contribution in [0.25, 0.3) is 0 Å². The maximum atomic E-state index is 12.8. The number of methoxy groups -OCH3 is 1. The molecule has 0 bridgehead atoms. The molecular formula is C19H22N2O3S2. The number of hydrogen-bond acceptors (Lipinski definition) is 6. The van der Waals surface area contributed by atoms with Crippen LogP contribution in [0.15, 0.2) is 34.0 Å². The first-order valence-electron chi connectivity index (χ1n) is 8.61. The highest BCUT2D eigenvalue weighted by atomic mass is 32.2. The lowest BCUT2D eigenvalue weighted by Gasteiger charge is -2.33. The van der Waals surface area contributed by atoms with Crippen LogP contribution in [0.1, 0.15) is 40.9 Å². The van der Waals surface area contributed by atoms with Crippen LogP contribution in [0.2, 0.25) is 0 Å². The number of benzene rings is 1. The molecule has 1 unspecified atom stereocenters. The highest BCUT2D eigenvalue weighted by molar-refractivity contribution is 8.00. The van der Waals surface area contributed by atoms with Gasteiger partial charge in [0.1, 0.15) is 10.4 Å². The molecule has 1 aliphatic heterocycles. The van der Waals surface area contributed by atoms with Crippen molar-refractivity contribution in [2.75, 3.05) is 13.7 Å². The summed E-state index contributed by atoms with van der Waals surface area (Å²) < 4.78 is 5.91. The minimum Gasteiger partial charge on any atom is -0.467 e. The van der Waals surface area contributed by atoms with Crippen molar-refractivity contribution >= 4 is 35.0 Å². The third-order valence-electron chi connectivity index (χ3n) is 4.40. The van der Waals surface area contributed by atoms with E-state index in [9.17, 15) is 9.59 Å². The molecule has 1 saturated heterocycles. The Labute approximate surface area is 161 Å². The van der Waals surface area contributed by atoms with E-state index < -0.39 is 6.04 Å². The molecule has 0 radical (unpaired) electrons. The van der Waals surface area contributed by atoms with Gasteiger partial charge < -0.3 is 9.64 Å². The van der Waals surface area contributed by atoms with E-state index in [-0.39, 0.29) is 11.9 Å². The van der Waals surface area contributed by atoms with Crippen LogP contribution in [-0.2, 0) is 15.3 Å². The molecule has 0 aliphatic carbocycles. The maximum Gasteiger partial charge on any atom is 0.328 e. The van der Waals surface area contributed by atoms with Crippen LogP contribution in [0, 0.1) is 6.92 Å². The van der Waals surface area contributed by atoms with Crippen LogP contribution in [0.3, 0.4) is 0 Å². The summed E-state index contributed by atoms with van der Waals surface area (Å²) in [5.41, 5.74) is 2.79. The third kappa shape index (κ3) is 4.45. The van der Waals surface area contributed by atoms with Crippen molar-refractivity contribution in [3.05, 3.63) is 46.5 Å². The van der Waals surface area contributed by atoms with Gasteiger partial charge in [-0.1, -0.05) is 23.9 Å². The maximum absolute atomic E-state index is 12.8. The minimum absolute atomic E-state index is 0.102. The molecule has 0 N–H and O–H groups in total. The van der Waals surface area contributed by atoms with Gasteiger partial charge in [0.25, 0.3) is 5.91 Å². The molecule has 0 saturated carbocycles. The number of ether oxygens (including phenoxy) is 1. The summed E-state index contributed by atoms with van der Waals surface area (Å²) in [4.78, 5) is 30.9. The number of thiazole rings is 1. The van der Waals surface area contributed by atoms with Crippen molar-refractivity contribution in [1.29, 1.82) is 0 Å². The number of aryl methyl sites for hydroxylation is 1. The zero-order chi connectivity index (χ0) is 18.5. The molecule has 1 atom stereocenters. The zero-order valence-corrected chi connectivity index (χ0v) is 16.6. The molecule has 1 fully saturated rings. The number of hydrogen-bond donors (Lipinski definition) is 0. The smallest absolute Gasteiger partial charge is 0.328 e. The lowest BCUT2D eigenvalue weighted by atomic mass is 10.0. The van der Waals surface area contributed by atoms with Crippen molar-refractivity contribution in [2.24, 2.45) is 0 Å². The Hall–Kier alpha value is -1.86. The second-order valence-electron chi connectivity index (χ2n) is 6.27. The topological polar surface area (TPSA) is 59.5 Å². The Morgan fingerprint density at radius 2 is 2.08 bits per heavy atom. The van der Waals surface area contributed by atoms with Gasteiger partial charge in [-0.3, -0.25) is 4.79 Å². The van der Waals surface area contributed by atoms with E-state index in [0.29, 0.717) is 18.5 Å². The van der Waals surface area contributed by atoms with Gasteiger partial charge in [-0.05, 0) is 43.9 Å². The van der Waals surface area contributed by atoms with E-state index in [0.717, 1.165) is 34.2 Å². The second-order valence-corrected chi connectivity index (χ2v) is 8.35. The monoisotopic (exact) mass is 390 g/mol. The van der Waals surface area contributed by atoms with Crippen LogP contribution >= 0.6 is 23.1 Å². The number of thioether (sulfide) groups is 1. The van der Waals surface area contributed by atoms with Crippen molar-refractivity contribution in [3.63, 3.8) is 0 Å².